The van der Waals surface area contributed by atoms with Crippen LogP contribution in [0.2, 0.25) is 0 Å². The van der Waals surface area contributed by atoms with E-state index in [1.165, 1.54) is 0 Å². The Kier molecular flexibility index (Phi) is 5.85. The fourth-order valence-corrected chi connectivity index (χ4v) is 2.89. The lowest BCUT2D eigenvalue weighted by Crippen LogP contribution is -2.31. The molecule has 0 aliphatic heterocycles. The Hall–Kier alpha value is -1.36. The smallest absolute Gasteiger partial charge is 0.235 e. The van der Waals surface area contributed by atoms with Gasteiger partial charge in [0.1, 0.15) is 5.75 Å². The zero-order valence-corrected chi connectivity index (χ0v) is 11.4. The summed E-state index contributed by atoms with van der Waals surface area (Å²) in [5, 5.41) is 2.49. The predicted octanol–water partition coefficient (Wildman–Crippen LogP) is 1.17. The minimum atomic E-state index is -3.29. The highest BCUT2D eigenvalue weighted by Gasteiger charge is 2.15. The maximum absolute atomic E-state index is 11.6. The summed E-state index contributed by atoms with van der Waals surface area (Å²) in [6.07, 6.45) is 1.27. The minimum Gasteiger partial charge on any atom is -0.356 e. The number of hydrogen-bond acceptors (Lipinski definition) is 3. The van der Waals surface area contributed by atoms with Crippen molar-refractivity contribution in [2.24, 2.45) is 0 Å². The molecule has 0 aromatic heterocycles. The standard InChI is InChI=1S/C13H19NO3S/c1-2-14-13(15)11-18(16,17)10-6-9-12-7-4-3-5-8-12/h3-5,7-8H,2,6,9-11H2,1H3,(H,14,15). The molecule has 0 aliphatic rings. The lowest BCUT2D eigenvalue weighted by molar-refractivity contribution is -0.118. The summed E-state index contributed by atoms with van der Waals surface area (Å²) in [6, 6.07) is 9.72. The van der Waals surface area contributed by atoms with Crippen LogP contribution < -0.4 is 5.32 Å². The number of hydrogen-bond donors (Lipinski definition) is 1. The van der Waals surface area contributed by atoms with Crippen LogP contribution in [0.3, 0.4) is 0 Å². The van der Waals surface area contributed by atoms with E-state index in [-0.39, 0.29) is 5.75 Å². The van der Waals surface area contributed by atoms with Gasteiger partial charge in [0.25, 0.3) is 0 Å². The molecule has 0 bridgehead atoms. The van der Waals surface area contributed by atoms with E-state index in [0.717, 1.165) is 12.0 Å². The molecule has 0 fully saturated rings. The quantitative estimate of drug-likeness (QED) is 0.808. The summed E-state index contributed by atoms with van der Waals surface area (Å²) in [7, 11) is -3.29. The highest BCUT2D eigenvalue weighted by Crippen LogP contribution is 2.04. The van der Waals surface area contributed by atoms with E-state index in [2.05, 4.69) is 5.32 Å². The van der Waals surface area contributed by atoms with Crippen molar-refractivity contribution in [3.05, 3.63) is 35.9 Å². The van der Waals surface area contributed by atoms with Crippen LogP contribution in [0.5, 0.6) is 0 Å². The number of carbonyl (C=O) groups excluding carboxylic acids is 1. The highest BCUT2D eigenvalue weighted by molar-refractivity contribution is 7.92. The van der Waals surface area contributed by atoms with Crippen molar-refractivity contribution in [1.29, 1.82) is 0 Å². The molecule has 0 spiro atoms. The SMILES string of the molecule is CCNC(=O)CS(=O)(=O)CCCc1ccccc1. The number of amides is 1. The molecule has 100 valence electrons. The first-order valence-electron chi connectivity index (χ1n) is 6.04. The number of nitrogens with one attached hydrogen (secondary N) is 1. The second-order valence-corrected chi connectivity index (χ2v) is 6.32. The molecular weight excluding hydrogens is 250 g/mol. The topological polar surface area (TPSA) is 63.2 Å². The van der Waals surface area contributed by atoms with Gasteiger partial charge in [0.15, 0.2) is 9.84 Å². The molecule has 1 aromatic carbocycles. The maximum Gasteiger partial charge on any atom is 0.235 e. The van der Waals surface area contributed by atoms with Crippen molar-refractivity contribution in [1.82, 2.24) is 5.32 Å². The van der Waals surface area contributed by atoms with Crippen molar-refractivity contribution in [2.75, 3.05) is 18.1 Å². The number of benzene rings is 1. The Morgan fingerprint density at radius 1 is 1.22 bits per heavy atom. The van der Waals surface area contributed by atoms with Crippen LogP contribution in [0.25, 0.3) is 0 Å². The fraction of sp³-hybridized carbons (Fsp3) is 0.462. The van der Waals surface area contributed by atoms with E-state index < -0.39 is 21.5 Å². The van der Waals surface area contributed by atoms with E-state index >= 15 is 0 Å². The molecule has 18 heavy (non-hydrogen) atoms. The molecule has 0 saturated heterocycles. The van der Waals surface area contributed by atoms with Gasteiger partial charge in [-0.2, -0.15) is 0 Å². The van der Waals surface area contributed by atoms with Crippen LogP contribution in [0.15, 0.2) is 30.3 Å². The summed E-state index contributed by atoms with van der Waals surface area (Å²) in [4.78, 5) is 11.2. The Balaban J connectivity index is 2.36. The average molecular weight is 269 g/mol. The summed E-state index contributed by atoms with van der Waals surface area (Å²) in [5.74, 6) is -0.772. The molecule has 1 aromatic rings. The van der Waals surface area contributed by atoms with Crippen LogP contribution in [-0.4, -0.2) is 32.4 Å². The van der Waals surface area contributed by atoms with Crippen molar-refractivity contribution in [3.8, 4) is 0 Å². The van der Waals surface area contributed by atoms with Gasteiger partial charge in [-0.3, -0.25) is 4.79 Å². The highest BCUT2D eigenvalue weighted by atomic mass is 32.2. The molecule has 0 radical (unpaired) electrons. The van der Waals surface area contributed by atoms with Gasteiger partial charge >= 0.3 is 0 Å². The van der Waals surface area contributed by atoms with E-state index in [1.54, 1.807) is 6.92 Å². The molecule has 0 aliphatic carbocycles. The number of carbonyl (C=O) groups is 1. The Bertz CT molecular complexity index is 468. The molecule has 0 saturated carbocycles. The fourth-order valence-electron chi connectivity index (χ4n) is 1.66. The second-order valence-electron chi connectivity index (χ2n) is 4.13. The minimum absolute atomic E-state index is 0.0546. The van der Waals surface area contributed by atoms with Crippen molar-refractivity contribution in [2.45, 2.75) is 19.8 Å². The van der Waals surface area contributed by atoms with Gasteiger partial charge in [0.2, 0.25) is 5.91 Å². The Morgan fingerprint density at radius 3 is 2.50 bits per heavy atom. The zero-order chi connectivity index (χ0) is 13.4. The van der Waals surface area contributed by atoms with E-state index in [1.807, 2.05) is 30.3 Å². The first-order chi connectivity index (χ1) is 8.53. The molecule has 1 amide bonds. The van der Waals surface area contributed by atoms with Crippen LogP contribution in [0.4, 0.5) is 0 Å². The van der Waals surface area contributed by atoms with Crippen LogP contribution in [0.1, 0.15) is 18.9 Å². The number of rotatable bonds is 7. The first kappa shape index (κ1) is 14.7. The lowest BCUT2D eigenvalue weighted by atomic mass is 10.1. The molecule has 0 unspecified atom stereocenters. The van der Waals surface area contributed by atoms with E-state index in [9.17, 15) is 13.2 Å². The largest absolute Gasteiger partial charge is 0.356 e. The molecule has 4 nitrogen and oxygen atoms in total. The second kappa shape index (κ2) is 7.16. The molecule has 1 N–H and O–H groups in total. The molecule has 0 heterocycles. The average Bonchev–Trinajstić information content (AvgIpc) is 2.29. The van der Waals surface area contributed by atoms with Gasteiger partial charge in [0, 0.05) is 6.54 Å². The lowest BCUT2D eigenvalue weighted by Gasteiger charge is -2.05. The Morgan fingerprint density at radius 2 is 1.89 bits per heavy atom. The third-order valence-corrected chi connectivity index (χ3v) is 4.10. The monoisotopic (exact) mass is 269 g/mol. The van der Waals surface area contributed by atoms with E-state index in [0.29, 0.717) is 13.0 Å². The predicted molar refractivity (Wildman–Crippen MR) is 72.1 cm³/mol. The van der Waals surface area contributed by atoms with Gasteiger partial charge in [-0.05, 0) is 25.3 Å². The summed E-state index contributed by atoms with van der Waals surface area (Å²) in [6.45, 7) is 2.22. The zero-order valence-electron chi connectivity index (χ0n) is 10.6. The van der Waals surface area contributed by atoms with Crippen molar-refractivity contribution in [3.63, 3.8) is 0 Å². The van der Waals surface area contributed by atoms with Gasteiger partial charge in [-0.25, -0.2) is 8.42 Å². The summed E-state index contributed by atoms with van der Waals surface area (Å²) < 4.78 is 23.3. The van der Waals surface area contributed by atoms with Crippen molar-refractivity contribution < 1.29 is 13.2 Å². The third-order valence-electron chi connectivity index (χ3n) is 2.49. The molecule has 5 heteroatoms. The van der Waals surface area contributed by atoms with Gasteiger partial charge in [0.05, 0.1) is 5.75 Å². The maximum atomic E-state index is 11.6. The van der Waals surface area contributed by atoms with Crippen molar-refractivity contribution >= 4 is 15.7 Å². The van der Waals surface area contributed by atoms with Gasteiger partial charge < -0.3 is 5.32 Å². The summed E-state index contributed by atoms with van der Waals surface area (Å²) in [5.41, 5.74) is 1.12. The molecular formula is C13H19NO3S. The van der Waals surface area contributed by atoms with Crippen LogP contribution >= 0.6 is 0 Å². The first-order valence-corrected chi connectivity index (χ1v) is 7.86. The van der Waals surface area contributed by atoms with Crippen LogP contribution in [0, 0.1) is 0 Å². The van der Waals surface area contributed by atoms with Gasteiger partial charge in [-0.15, -0.1) is 0 Å². The van der Waals surface area contributed by atoms with Crippen LogP contribution in [-0.2, 0) is 21.1 Å². The number of aryl methyl sites for hydroxylation is 1. The normalized spacial score (nSPS) is 11.2. The van der Waals surface area contributed by atoms with Gasteiger partial charge in [-0.1, -0.05) is 30.3 Å². The van der Waals surface area contributed by atoms with E-state index in [4.69, 9.17) is 0 Å². The molecule has 0 atom stereocenters. The summed E-state index contributed by atoms with van der Waals surface area (Å²) >= 11 is 0. The molecule has 1 rings (SSSR count). The third kappa shape index (κ3) is 5.82. The Labute approximate surface area is 108 Å². The number of sulfone groups is 1.